The molecule has 1 aliphatic carbocycles. The number of nitrogens with zero attached hydrogens (tertiary/aromatic N) is 1. The first-order valence-electron chi connectivity index (χ1n) is 10.8. The molecule has 0 aromatic heterocycles. The Labute approximate surface area is 191 Å². The number of fused-ring (bicyclic) bond motifs is 2. The molecule has 31 heavy (non-hydrogen) atoms. The van der Waals surface area contributed by atoms with Crippen LogP contribution in [0.25, 0.3) is 17.7 Å². The molecule has 2 aliphatic rings. The molecular weight excluding hydrogens is 402 g/mol. The fraction of sp³-hybridized carbons (Fsp3) is 0.214. The Morgan fingerprint density at radius 1 is 0.774 bits per heavy atom. The van der Waals surface area contributed by atoms with Gasteiger partial charge in [-0.3, -0.25) is 4.90 Å². The lowest BCUT2D eigenvalue weighted by Crippen LogP contribution is -2.30. The zero-order valence-electron chi connectivity index (χ0n) is 17.9. The number of ether oxygens (including phenoxy) is 1. The average Bonchev–Trinajstić information content (AvgIpc) is 2.97. The number of benzene rings is 3. The van der Waals surface area contributed by atoms with Crippen molar-refractivity contribution in [2.24, 2.45) is 0 Å². The van der Waals surface area contributed by atoms with Crippen LogP contribution in [0.4, 0.5) is 0 Å². The SMILES string of the molecule is COc1cccc(CN2CCC(=C3c4ccccc4C=Cc4ccccc43)CC2)c1.Cl. The third kappa shape index (κ3) is 4.46. The number of piperidine rings is 1. The summed E-state index contributed by atoms with van der Waals surface area (Å²) < 4.78 is 5.39. The summed E-state index contributed by atoms with van der Waals surface area (Å²) in [4.78, 5) is 2.56. The summed E-state index contributed by atoms with van der Waals surface area (Å²) in [5, 5.41) is 0. The zero-order valence-corrected chi connectivity index (χ0v) is 18.7. The molecule has 1 aliphatic heterocycles. The van der Waals surface area contributed by atoms with Gasteiger partial charge in [0, 0.05) is 19.6 Å². The van der Waals surface area contributed by atoms with E-state index >= 15 is 0 Å². The Morgan fingerprint density at radius 3 is 2.00 bits per heavy atom. The topological polar surface area (TPSA) is 12.5 Å². The van der Waals surface area contributed by atoms with Crippen LogP contribution < -0.4 is 4.74 Å². The first kappa shape index (κ1) is 21.4. The first-order chi connectivity index (χ1) is 14.8. The second kappa shape index (κ2) is 9.55. The molecule has 0 radical (unpaired) electrons. The summed E-state index contributed by atoms with van der Waals surface area (Å²) in [7, 11) is 1.73. The maximum atomic E-state index is 5.39. The molecule has 0 bridgehead atoms. The molecule has 3 heteroatoms. The maximum absolute atomic E-state index is 5.39. The van der Waals surface area contributed by atoms with Gasteiger partial charge in [-0.2, -0.15) is 0 Å². The molecule has 0 atom stereocenters. The van der Waals surface area contributed by atoms with Crippen molar-refractivity contribution in [3.63, 3.8) is 0 Å². The second-order valence-corrected chi connectivity index (χ2v) is 8.11. The van der Waals surface area contributed by atoms with Crippen molar-refractivity contribution in [3.05, 3.63) is 106 Å². The van der Waals surface area contributed by atoms with Gasteiger partial charge in [0.05, 0.1) is 7.11 Å². The van der Waals surface area contributed by atoms with Crippen molar-refractivity contribution in [1.82, 2.24) is 4.90 Å². The second-order valence-electron chi connectivity index (χ2n) is 8.11. The van der Waals surface area contributed by atoms with E-state index < -0.39 is 0 Å². The molecule has 0 saturated carbocycles. The summed E-state index contributed by atoms with van der Waals surface area (Å²) in [5.41, 5.74) is 9.72. The molecule has 1 fully saturated rings. The Hall–Kier alpha value is -2.81. The molecule has 3 aromatic carbocycles. The molecule has 5 rings (SSSR count). The van der Waals surface area contributed by atoms with Crippen LogP contribution in [0, 0.1) is 0 Å². The Bertz CT molecular complexity index is 1070. The smallest absolute Gasteiger partial charge is 0.119 e. The third-order valence-electron chi connectivity index (χ3n) is 6.26. The van der Waals surface area contributed by atoms with Gasteiger partial charge >= 0.3 is 0 Å². The number of rotatable bonds is 3. The van der Waals surface area contributed by atoms with Gasteiger partial charge < -0.3 is 4.74 Å². The van der Waals surface area contributed by atoms with Crippen LogP contribution in [0.3, 0.4) is 0 Å². The van der Waals surface area contributed by atoms with Gasteiger partial charge in [-0.25, -0.2) is 0 Å². The largest absolute Gasteiger partial charge is 0.497 e. The number of methoxy groups -OCH3 is 1. The highest BCUT2D eigenvalue weighted by Crippen LogP contribution is 2.38. The van der Waals surface area contributed by atoms with Crippen LogP contribution in [0.5, 0.6) is 5.75 Å². The lowest BCUT2D eigenvalue weighted by Gasteiger charge is -2.30. The lowest BCUT2D eigenvalue weighted by atomic mass is 9.86. The fourth-order valence-electron chi connectivity index (χ4n) is 4.71. The molecular formula is C28H28ClNO. The lowest BCUT2D eigenvalue weighted by molar-refractivity contribution is 0.248. The van der Waals surface area contributed by atoms with Crippen molar-refractivity contribution in [1.29, 1.82) is 0 Å². The molecule has 0 N–H and O–H groups in total. The van der Waals surface area contributed by atoms with E-state index in [1.165, 1.54) is 33.4 Å². The standard InChI is InChI=1S/C28H27NO.ClH/c1-30-25-10-6-7-21(19-25)20-29-17-15-24(16-18-29)28-26-11-4-2-8-22(26)13-14-23-9-3-5-12-27(23)28;/h2-14,19H,15-18,20H2,1H3;1H. The minimum Gasteiger partial charge on any atom is -0.497 e. The normalized spacial score (nSPS) is 15.5. The van der Waals surface area contributed by atoms with E-state index in [2.05, 4.69) is 83.8 Å². The quantitative estimate of drug-likeness (QED) is 0.359. The Morgan fingerprint density at radius 2 is 1.39 bits per heavy atom. The summed E-state index contributed by atoms with van der Waals surface area (Å²) in [6, 6.07) is 26.1. The van der Waals surface area contributed by atoms with Crippen molar-refractivity contribution in [2.75, 3.05) is 20.2 Å². The summed E-state index contributed by atoms with van der Waals surface area (Å²) in [6.45, 7) is 3.16. The summed E-state index contributed by atoms with van der Waals surface area (Å²) >= 11 is 0. The number of hydrogen-bond acceptors (Lipinski definition) is 2. The number of hydrogen-bond donors (Lipinski definition) is 0. The molecule has 158 valence electrons. The third-order valence-corrected chi connectivity index (χ3v) is 6.26. The van der Waals surface area contributed by atoms with Gasteiger partial charge in [-0.05, 0) is 58.4 Å². The van der Waals surface area contributed by atoms with E-state index in [0.717, 1.165) is 38.2 Å². The predicted octanol–water partition coefficient (Wildman–Crippen LogP) is 6.70. The van der Waals surface area contributed by atoms with Crippen LogP contribution in [0.2, 0.25) is 0 Å². The molecule has 2 nitrogen and oxygen atoms in total. The Balaban J connectivity index is 0.00000231. The van der Waals surface area contributed by atoms with Gasteiger partial charge in [0.15, 0.2) is 0 Å². The van der Waals surface area contributed by atoms with Gasteiger partial charge in [-0.15, -0.1) is 12.4 Å². The average molecular weight is 430 g/mol. The highest BCUT2D eigenvalue weighted by Gasteiger charge is 2.22. The number of likely N-dealkylation sites (tertiary alicyclic amines) is 1. The monoisotopic (exact) mass is 429 g/mol. The Kier molecular flexibility index (Phi) is 6.60. The van der Waals surface area contributed by atoms with E-state index in [1.807, 2.05) is 6.07 Å². The maximum Gasteiger partial charge on any atom is 0.119 e. The van der Waals surface area contributed by atoms with Crippen LogP contribution in [-0.2, 0) is 6.54 Å². The van der Waals surface area contributed by atoms with E-state index in [-0.39, 0.29) is 12.4 Å². The summed E-state index contributed by atoms with van der Waals surface area (Å²) in [6.07, 6.45) is 6.75. The highest BCUT2D eigenvalue weighted by molar-refractivity contribution is 5.94. The minimum absolute atomic E-state index is 0. The molecule has 0 unspecified atom stereocenters. The van der Waals surface area contributed by atoms with Crippen molar-refractivity contribution in [2.45, 2.75) is 19.4 Å². The van der Waals surface area contributed by atoms with E-state index in [1.54, 1.807) is 12.7 Å². The van der Waals surface area contributed by atoms with Crippen LogP contribution in [0.15, 0.2) is 78.4 Å². The predicted molar refractivity (Wildman–Crippen MR) is 133 cm³/mol. The molecule has 1 heterocycles. The van der Waals surface area contributed by atoms with Crippen LogP contribution in [0.1, 0.15) is 40.7 Å². The van der Waals surface area contributed by atoms with Crippen molar-refractivity contribution in [3.8, 4) is 5.75 Å². The molecule has 0 spiro atoms. The van der Waals surface area contributed by atoms with Gasteiger partial charge in [-0.1, -0.05) is 78.4 Å². The van der Waals surface area contributed by atoms with Gasteiger partial charge in [0.25, 0.3) is 0 Å². The molecule has 0 amide bonds. The zero-order chi connectivity index (χ0) is 20.3. The molecule has 1 saturated heterocycles. The van der Waals surface area contributed by atoms with Crippen LogP contribution >= 0.6 is 12.4 Å². The van der Waals surface area contributed by atoms with Crippen molar-refractivity contribution >= 4 is 30.1 Å². The minimum atomic E-state index is 0. The first-order valence-corrected chi connectivity index (χ1v) is 10.8. The molecule has 3 aromatic rings. The van der Waals surface area contributed by atoms with Crippen LogP contribution in [-0.4, -0.2) is 25.1 Å². The van der Waals surface area contributed by atoms with E-state index in [4.69, 9.17) is 4.74 Å². The van der Waals surface area contributed by atoms with E-state index in [9.17, 15) is 0 Å². The summed E-state index contributed by atoms with van der Waals surface area (Å²) in [5.74, 6) is 0.937. The van der Waals surface area contributed by atoms with Crippen molar-refractivity contribution < 1.29 is 4.74 Å². The highest BCUT2D eigenvalue weighted by atomic mass is 35.5. The number of halogens is 1. The van der Waals surface area contributed by atoms with Gasteiger partial charge in [0.2, 0.25) is 0 Å². The van der Waals surface area contributed by atoms with E-state index in [0.29, 0.717) is 0 Å². The van der Waals surface area contributed by atoms with Gasteiger partial charge in [0.1, 0.15) is 5.75 Å². The fourth-order valence-corrected chi connectivity index (χ4v) is 4.71.